The van der Waals surface area contributed by atoms with Crippen molar-refractivity contribution >= 4 is 17.9 Å². The van der Waals surface area contributed by atoms with E-state index in [1.807, 2.05) is 0 Å². The third-order valence-electron chi connectivity index (χ3n) is 13.2. The van der Waals surface area contributed by atoms with Crippen LogP contribution in [0.3, 0.4) is 0 Å². The zero-order valence-corrected chi connectivity index (χ0v) is 52.0. The van der Waals surface area contributed by atoms with Crippen LogP contribution in [0.1, 0.15) is 265 Å². The van der Waals surface area contributed by atoms with Crippen LogP contribution in [0.25, 0.3) is 0 Å². The Bertz CT molecular complexity index is 1860. The number of ether oxygens (including phenoxy) is 3. The van der Waals surface area contributed by atoms with Gasteiger partial charge in [-0.1, -0.05) is 268 Å². The van der Waals surface area contributed by atoms with Gasteiger partial charge in [0.2, 0.25) is 0 Å². The second-order valence-electron chi connectivity index (χ2n) is 20.9. The molecule has 0 aromatic heterocycles. The van der Waals surface area contributed by atoms with E-state index >= 15 is 0 Å². The smallest absolute Gasteiger partial charge is 0.306 e. The van der Waals surface area contributed by atoms with Crippen molar-refractivity contribution in [2.45, 2.75) is 271 Å². The Labute approximate surface area is 498 Å². The van der Waals surface area contributed by atoms with Gasteiger partial charge in [-0.2, -0.15) is 0 Å². The Balaban J connectivity index is 4.50. The van der Waals surface area contributed by atoms with Crippen molar-refractivity contribution in [2.75, 3.05) is 13.2 Å². The van der Waals surface area contributed by atoms with Crippen molar-refractivity contribution < 1.29 is 28.6 Å². The summed E-state index contributed by atoms with van der Waals surface area (Å²) in [6, 6.07) is 0. The van der Waals surface area contributed by atoms with E-state index in [2.05, 4.69) is 191 Å². The SMILES string of the molecule is CC/C=C\C/C=C\C/C=C\C/C=C\C/C=C\C/C=C\C/C=C\C/C=C\C/C=C\CCCC(=O)OCC(COC(=O)CCCCCCC/C=C\C/C=C\C/C=C\CC)OC(=O)CCCCCCCCCCC/C=C\C/C=C\CCCCC. The maximum atomic E-state index is 12.9. The lowest BCUT2D eigenvalue weighted by atomic mass is 10.1. The van der Waals surface area contributed by atoms with Crippen LogP contribution in [0.5, 0.6) is 0 Å². The van der Waals surface area contributed by atoms with E-state index in [1.165, 1.54) is 70.6 Å². The number of esters is 3. The summed E-state index contributed by atoms with van der Waals surface area (Å²) in [7, 11) is 0. The van der Waals surface area contributed by atoms with Gasteiger partial charge in [0.15, 0.2) is 6.10 Å². The average Bonchev–Trinajstić information content (AvgIpc) is 3.47. The Kier molecular flexibility index (Phi) is 62.9. The van der Waals surface area contributed by atoms with Crippen LogP contribution in [-0.4, -0.2) is 37.2 Å². The average molecular weight is 1120 g/mol. The summed E-state index contributed by atoms with van der Waals surface area (Å²) in [4.78, 5) is 38.3. The van der Waals surface area contributed by atoms with Crippen LogP contribution in [0.2, 0.25) is 0 Å². The van der Waals surface area contributed by atoms with E-state index in [9.17, 15) is 14.4 Å². The molecule has 81 heavy (non-hydrogen) atoms. The predicted octanol–water partition coefficient (Wildman–Crippen LogP) is 22.7. The Hall–Kier alpha value is -5.23. The molecule has 0 aliphatic heterocycles. The van der Waals surface area contributed by atoms with Gasteiger partial charge in [-0.3, -0.25) is 14.4 Å². The monoisotopic (exact) mass is 1110 g/mol. The molecule has 0 aliphatic carbocycles. The molecule has 0 amide bonds. The van der Waals surface area contributed by atoms with Crippen molar-refractivity contribution in [3.63, 3.8) is 0 Å². The Morgan fingerprint density at radius 2 is 0.494 bits per heavy atom. The summed E-state index contributed by atoms with van der Waals surface area (Å²) < 4.78 is 16.9. The molecule has 0 bridgehead atoms. The highest BCUT2D eigenvalue weighted by Gasteiger charge is 2.19. The van der Waals surface area contributed by atoms with Gasteiger partial charge in [0.25, 0.3) is 0 Å². The van der Waals surface area contributed by atoms with Crippen LogP contribution in [-0.2, 0) is 28.6 Å². The second kappa shape index (κ2) is 67.3. The Morgan fingerprint density at radius 1 is 0.259 bits per heavy atom. The van der Waals surface area contributed by atoms with Gasteiger partial charge < -0.3 is 14.2 Å². The van der Waals surface area contributed by atoms with Crippen molar-refractivity contribution in [2.24, 2.45) is 0 Å². The fraction of sp³-hybridized carbons (Fsp3) is 0.587. The predicted molar refractivity (Wildman–Crippen MR) is 352 cm³/mol. The van der Waals surface area contributed by atoms with E-state index < -0.39 is 6.10 Å². The standard InChI is InChI=1S/C75H118O6/c1-4-7-10-13-16-19-22-25-28-30-32-33-34-35-36-37-38-39-40-41-43-44-47-50-53-56-59-62-65-68-74(77)80-71-72(70-79-73(76)67-64-61-58-55-52-49-46-27-24-21-18-15-12-9-6-3)81-75(78)69-66-63-60-57-54-51-48-45-42-31-29-26-23-20-17-14-11-8-5-2/h7,9-10,12,16-21,25-29,32-33,35-36,38-39,41,43,46-47,50,56,59,72H,4-6,8,11,13-15,22-24,30-31,34,37,40,42,44-45,48-49,51-55,57-58,60-71H2,1-3H3/b10-7-,12-9-,19-16-,20-17-,21-18-,28-25-,29-26-,33-32-,36-35-,39-38-,43-41-,46-27-,50-47-,59-56-. The first-order valence-corrected chi connectivity index (χ1v) is 32.6. The van der Waals surface area contributed by atoms with Gasteiger partial charge in [-0.15, -0.1) is 0 Å². The summed E-state index contributed by atoms with van der Waals surface area (Å²) in [6.45, 7) is 6.32. The van der Waals surface area contributed by atoms with Gasteiger partial charge >= 0.3 is 17.9 Å². The van der Waals surface area contributed by atoms with Crippen LogP contribution < -0.4 is 0 Å². The minimum Gasteiger partial charge on any atom is -0.462 e. The van der Waals surface area contributed by atoms with Crippen molar-refractivity contribution in [3.05, 3.63) is 170 Å². The Morgan fingerprint density at radius 3 is 0.802 bits per heavy atom. The number of rotatable bonds is 57. The zero-order chi connectivity index (χ0) is 58.5. The number of carbonyl (C=O) groups excluding carboxylic acids is 3. The van der Waals surface area contributed by atoms with Crippen LogP contribution >= 0.6 is 0 Å². The topological polar surface area (TPSA) is 78.9 Å². The lowest BCUT2D eigenvalue weighted by Crippen LogP contribution is -2.30. The van der Waals surface area contributed by atoms with E-state index in [0.717, 1.165) is 148 Å². The van der Waals surface area contributed by atoms with E-state index in [4.69, 9.17) is 14.2 Å². The maximum Gasteiger partial charge on any atom is 0.306 e. The van der Waals surface area contributed by atoms with E-state index in [1.54, 1.807) is 0 Å². The number of allylic oxidation sites excluding steroid dienone is 28. The molecular weight excluding hydrogens is 997 g/mol. The van der Waals surface area contributed by atoms with Gasteiger partial charge in [-0.25, -0.2) is 0 Å². The quantitative estimate of drug-likeness (QED) is 0.0261. The highest BCUT2D eigenvalue weighted by atomic mass is 16.6. The molecule has 0 saturated carbocycles. The fourth-order valence-electron chi connectivity index (χ4n) is 8.37. The first kappa shape index (κ1) is 75.8. The van der Waals surface area contributed by atoms with E-state index in [0.29, 0.717) is 19.3 Å². The molecule has 0 aliphatic rings. The number of unbranched alkanes of at least 4 members (excludes halogenated alkanes) is 18. The van der Waals surface area contributed by atoms with Gasteiger partial charge in [0, 0.05) is 19.3 Å². The maximum absolute atomic E-state index is 12.9. The molecule has 1 unspecified atom stereocenters. The fourth-order valence-corrected chi connectivity index (χ4v) is 8.37. The largest absolute Gasteiger partial charge is 0.462 e. The highest BCUT2D eigenvalue weighted by Crippen LogP contribution is 2.14. The summed E-state index contributed by atoms with van der Waals surface area (Å²) in [6.07, 6.45) is 99.3. The lowest BCUT2D eigenvalue weighted by Gasteiger charge is -2.18. The third kappa shape index (κ3) is 65.5. The van der Waals surface area contributed by atoms with Crippen molar-refractivity contribution in [1.82, 2.24) is 0 Å². The number of hydrogen-bond acceptors (Lipinski definition) is 6. The zero-order valence-electron chi connectivity index (χ0n) is 52.0. The summed E-state index contributed by atoms with van der Waals surface area (Å²) >= 11 is 0. The molecule has 0 heterocycles. The second-order valence-corrected chi connectivity index (χ2v) is 20.9. The molecule has 0 aromatic rings. The van der Waals surface area contributed by atoms with Gasteiger partial charge in [0.1, 0.15) is 13.2 Å². The molecule has 0 aromatic carbocycles. The summed E-state index contributed by atoms with van der Waals surface area (Å²) in [5.41, 5.74) is 0. The van der Waals surface area contributed by atoms with Gasteiger partial charge in [-0.05, 0) is 148 Å². The van der Waals surface area contributed by atoms with Crippen LogP contribution in [0.15, 0.2) is 170 Å². The molecule has 0 fully saturated rings. The molecule has 0 saturated heterocycles. The number of hydrogen-bond donors (Lipinski definition) is 0. The summed E-state index contributed by atoms with van der Waals surface area (Å²) in [5, 5.41) is 0. The first-order chi connectivity index (χ1) is 40.0. The van der Waals surface area contributed by atoms with E-state index in [-0.39, 0.29) is 37.5 Å². The molecule has 6 heteroatoms. The van der Waals surface area contributed by atoms with Crippen molar-refractivity contribution in [3.8, 4) is 0 Å². The normalized spacial score (nSPS) is 13.3. The minimum absolute atomic E-state index is 0.114. The first-order valence-electron chi connectivity index (χ1n) is 32.6. The number of carbonyl (C=O) groups is 3. The summed E-state index contributed by atoms with van der Waals surface area (Å²) in [5.74, 6) is -0.999. The van der Waals surface area contributed by atoms with Gasteiger partial charge in [0.05, 0.1) is 0 Å². The van der Waals surface area contributed by atoms with Crippen molar-refractivity contribution in [1.29, 1.82) is 0 Å². The highest BCUT2D eigenvalue weighted by molar-refractivity contribution is 5.71. The molecular formula is C75H118O6. The van der Waals surface area contributed by atoms with Crippen LogP contribution in [0, 0.1) is 0 Å². The molecule has 6 nitrogen and oxygen atoms in total. The lowest BCUT2D eigenvalue weighted by molar-refractivity contribution is -0.167. The van der Waals surface area contributed by atoms with Crippen LogP contribution in [0.4, 0.5) is 0 Å². The molecule has 0 spiro atoms. The third-order valence-corrected chi connectivity index (χ3v) is 13.2. The molecule has 0 N–H and O–H groups in total. The molecule has 1 atom stereocenters. The molecule has 454 valence electrons. The molecule has 0 rings (SSSR count). The molecule has 0 radical (unpaired) electrons. The minimum atomic E-state index is -0.822.